The molecule has 1 aliphatic rings. The number of rotatable bonds is 4. The van der Waals surface area contributed by atoms with Gasteiger partial charge in [0.25, 0.3) is 0 Å². The average molecular weight is 205 g/mol. The lowest BCUT2D eigenvalue weighted by Gasteiger charge is -2.24. The number of hydrogen-bond acceptors (Lipinski definition) is 1. The smallest absolute Gasteiger partial charge is 0.0286 e. The van der Waals surface area contributed by atoms with Crippen LogP contribution in [-0.4, -0.2) is 5.54 Å². The third kappa shape index (κ3) is 5.46. The maximum atomic E-state index is 4.07. The van der Waals surface area contributed by atoms with Crippen LogP contribution in [0.3, 0.4) is 0 Å². The van der Waals surface area contributed by atoms with Crippen molar-refractivity contribution in [2.45, 2.75) is 52.0 Å². The topological polar surface area (TPSA) is 12.0 Å². The zero-order valence-electron chi connectivity index (χ0n) is 10.3. The van der Waals surface area contributed by atoms with Gasteiger partial charge in [0.2, 0.25) is 0 Å². The summed E-state index contributed by atoms with van der Waals surface area (Å²) in [6.07, 6.45) is 11.3. The fourth-order valence-electron chi connectivity index (χ4n) is 1.77. The highest BCUT2D eigenvalue weighted by Gasteiger charge is 2.10. The summed E-state index contributed by atoms with van der Waals surface area (Å²) in [7, 11) is 0. The van der Waals surface area contributed by atoms with Gasteiger partial charge in [-0.25, -0.2) is 0 Å². The third-order valence-electron chi connectivity index (χ3n) is 2.40. The van der Waals surface area contributed by atoms with E-state index in [1.54, 1.807) is 5.57 Å². The summed E-state index contributed by atoms with van der Waals surface area (Å²) in [4.78, 5) is 0. The lowest BCUT2D eigenvalue weighted by Crippen LogP contribution is -2.34. The molecular formula is C14H23N. The molecule has 1 aliphatic carbocycles. The normalized spacial score (nSPS) is 16.1. The van der Waals surface area contributed by atoms with Crippen LogP contribution in [0.15, 0.2) is 36.1 Å². The lowest BCUT2D eigenvalue weighted by atomic mass is 9.99. The van der Waals surface area contributed by atoms with Crippen LogP contribution in [-0.2, 0) is 0 Å². The maximum Gasteiger partial charge on any atom is 0.0286 e. The van der Waals surface area contributed by atoms with Crippen molar-refractivity contribution in [2.75, 3.05) is 0 Å². The van der Waals surface area contributed by atoms with Gasteiger partial charge >= 0.3 is 0 Å². The molecule has 0 radical (unpaired) electrons. The number of nitrogens with one attached hydrogen (secondary N) is 1. The molecule has 0 saturated carbocycles. The van der Waals surface area contributed by atoms with E-state index in [2.05, 4.69) is 50.9 Å². The van der Waals surface area contributed by atoms with Crippen LogP contribution in [0.25, 0.3) is 0 Å². The predicted molar refractivity (Wildman–Crippen MR) is 67.7 cm³/mol. The summed E-state index contributed by atoms with van der Waals surface area (Å²) in [5.41, 5.74) is 2.84. The summed E-state index contributed by atoms with van der Waals surface area (Å²) in [6, 6.07) is 0. The van der Waals surface area contributed by atoms with Crippen molar-refractivity contribution in [3.63, 3.8) is 0 Å². The predicted octanol–water partition coefficient (Wildman–Crippen LogP) is 3.94. The van der Waals surface area contributed by atoms with Crippen molar-refractivity contribution in [3.8, 4) is 0 Å². The maximum absolute atomic E-state index is 4.07. The summed E-state index contributed by atoms with van der Waals surface area (Å²) < 4.78 is 0. The SMILES string of the molecule is C=C(CCC1=CC=CCC1)NC(C)(C)C. The Kier molecular flexibility index (Phi) is 4.19. The molecule has 0 aliphatic heterocycles. The molecule has 1 nitrogen and oxygen atoms in total. The van der Waals surface area contributed by atoms with Crippen LogP contribution in [0.2, 0.25) is 0 Å². The second-order valence-electron chi connectivity index (χ2n) is 5.27. The van der Waals surface area contributed by atoms with Crippen molar-refractivity contribution in [2.24, 2.45) is 0 Å². The Morgan fingerprint density at radius 3 is 2.73 bits per heavy atom. The van der Waals surface area contributed by atoms with Crippen LogP contribution in [0.4, 0.5) is 0 Å². The van der Waals surface area contributed by atoms with E-state index in [-0.39, 0.29) is 5.54 Å². The molecule has 0 aromatic heterocycles. The Bertz CT molecular complexity index is 276. The van der Waals surface area contributed by atoms with E-state index in [1.807, 2.05) is 0 Å². The molecule has 0 heterocycles. The molecule has 0 saturated heterocycles. The quantitative estimate of drug-likeness (QED) is 0.733. The molecule has 0 aromatic rings. The Balaban J connectivity index is 2.28. The highest BCUT2D eigenvalue weighted by Crippen LogP contribution is 2.19. The molecule has 15 heavy (non-hydrogen) atoms. The molecule has 1 N–H and O–H groups in total. The Morgan fingerprint density at radius 2 is 2.20 bits per heavy atom. The first-order valence-corrected chi connectivity index (χ1v) is 5.78. The van der Waals surface area contributed by atoms with Crippen LogP contribution in [0.5, 0.6) is 0 Å². The molecule has 0 fully saturated rings. The van der Waals surface area contributed by atoms with Gasteiger partial charge in [-0.3, -0.25) is 0 Å². The van der Waals surface area contributed by atoms with Gasteiger partial charge in [0.05, 0.1) is 0 Å². The highest BCUT2D eigenvalue weighted by molar-refractivity contribution is 5.18. The van der Waals surface area contributed by atoms with Crippen LogP contribution in [0.1, 0.15) is 46.5 Å². The second kappa shape index (κ2) is 5.20. The minimum absolute atomic E-state index is 0.137. The third-order valence-corrected chi connectivity index (χ3v) is 2.40. The molecule has 1 heteroatoms. The van der Waals surface area contributed by atoms with Crippen molar-refractivity contribution in [1.82, 2.24) is 5.32 Å². The molecule has 1 rings (SSSR count). The molecule has 0 spiro atoms. The van der Waals surface area contributed by atoms with E-state index >= 15 is 0 Å². The minimum atomic E-state index is 0.137. The lowest BCUT2D eigenvalue weighted by molar-refractivity contribution is 0.464. The molecule has 0 aromatic carbocycles. The van der Waals surface area contributed by atoms with Gasteiger partial charge < -0.3 is 5.32 Å². The van der Waals surface area contributed by atoms with Crippen LogP contribution < -0.4 is 5.32 Å². The van der Waals surface area contributed by atoms with Gasteiger partial charge in [-0.2, -0.15) is 0 Å². The highest BCUT2D eigenvalue weighted by atomic mass is 15.0. The zero-order valence-corrected chi connectivity index (χ0v) is 10.3. The van der Waals surface area contributed by atoms with E-state index in [0.29, 0.717) is 0 Å². The summed E-state index contributed by atoms with van der Waals surface area (Å²) in [5, 5.41) is 3.42. The molecule has 0 amide bonds. The minimum Gasteiger partial charge on any atom is -0.384 e. The Morgan fingerprint density at radius 1 is 1.47 bits per heavy atom. The van der Waals surface area contributed by atoms with Crippen molar-refractivity contribution in [3.05, 3.63) is 36.1 Å². The van der Waals surface area contributed by atoms with Gasteiger partial charge in [-0.15, -0.1) is 0 Å². The van der Waals surface area contributed by atoms with Gasteiger partial charge in [0.1, 0.15) is 0 Å². The van der Waals surface area contributed by atoms with Crippen LogP contribution in [0, 0.1) is 0 Å². The first-order valence-electron chi connectivity index (χ1n) is 5.78. The molecule has 0 unspecified atom stereocenters. The summed E-state index contributed by atoms with van der Waals surface area (Å²) >= 11 is 0. The first kappa shape index (κ1) is 12.1. The van der Waals surface area contributed by atoms with Gasteiger partial charge in [0.15, 0.2) is 0 Å². The number of allylic oxidation sites excluding steroid dienone is 5. The second-order valence-corrected chi connectivity index (χ2v) is 5.27. The average Bonchev–Trinajstić information content (AvgIpc) is 2.14. The first-order chi connectivity index (χ1) is 6.97. The van der Waals surface area contributed by atoms with E-state index < -0.39 is 0 Å². The Labute approximate surface area is 94.0 Å². The van der Waals surface area contributed by atoms with Crippen molar-refractivity contribution < 1.29 is 0 Å². The van der Waals surface area contributed by atoms with E-state index in [0.717, 1.165) is 18.5 Å². The summed E-state index contributed by atoms with van der Waals surface area (Å²) in [5.74, 6) is 0. The number of hydrogen-bond donors (Lipinski definition) is 1. The van der Waals surface area contributed by atoms with E-state index in [4.69, 9.17) is 0 Å². The molecule has 0 atom stereocenters. The van der Waals surface area contributed by atoms with Gasteiger partial charge in [0, 0.05) is 11.2 Å². The molecule has 84 valence electrons. The van der Waals surface area contributed by atoms with E-state index in [9.17, 15) is 0 Å². The largest absolute Gasteiger partial charge is 0.384 e. The molecular weight excluding hydrogens is 182 g/mol. The standard InChI is InChI=1S/C14H23N/c1-12(15-14(2,3)4)10-11-13-8-6-5-7-9-13/h5-6,8,15H,1,7,9-11H2,2-4H3. The Hall–Kier alpha value is -0.980. The van der Waals surface area contributed by atoms with Gasteiger partial charge in [-0.1, -0.05) is 30.4 Å². The van der Waals surface area contributed by atoms with Gasteiger partial charge in [-0.05, 0) is 46.5 Å². The monoisotopic (exact) mass is 205 g/mol. The molecule has 0 bridgehead atoms. The van der Waals surface area contributed by atoms with E-state index in [1.165, 1.54) is 12.8 Å². The van der Waals surface area contributed by atoms with Crippen molar-refractivity contribution >= 4 is 0 Å². The fourth-order valence-corrected chi connectivity index (χ4v) is 1.77. The van der Waals surface area contributed by atoms with Crippen molar-refractivity contribution in [1.29, 1.82) is 0 Å². The van der Waals surface area contributed by atoms with Crippen LogP contribution >= 0.6 is 0 Å². The fraction of sp³-hybridized carbons (Fsp3) is 0.571. The zero-order chi connectivity index (χ0) is 11.3. The summed E-state index contributed by atoms with van der Waals surface area (Å²) in [6.45, 7) is 10.6.